The Morgan fingerprint density at radius 1 is 0.974 bits per heavy atom. The molecule has 3 aromatic rings. The SMILES string of the molecule is CCC(C)NC(=O)C(C)N(Cc1cccc(OC)c1)C(=O)CN(c1ccccc1Cl)S(=O)(=O)c1ccccc1. The summed E-state index contributed by atoms with van der Waals surface area (Å²) in [7, 11) is -2.63. The number of nitrogens with zero attached hydrogens (tertiary/aromatic N) is 2. The summed E-state index contributed by atoms with van der Waals surface area (Å²) in [5, 5.41) is 3.09. The first kappa shape index (κ1) is 30.0. The van der Waals surface area contributed by atoms with E-state index in [2.05, 4.69) is 5.32 Å². The minimum Gasteiger partial charge on any atom is -0.497 e. The number of carbonyl (C=O) groups excluding carboxylic acids is 2. The second-order valence-corrected chi connectivity index (χ2v) is 11.4. The van der Waals surface area contributed by atoms with Crippen LogP contribution in [0.1, 0.15) is 32.8 Å². The van der Waals surface area contributed by atoms with Gasteiger partial charge in [-0.25, -0.2) is 8.42 Å². The molecule has 208 valence electrons. The Hall–Kier alpha value is -3.56. The monoisotopic (exact) mass is 571 g/mol. The molecule has 10 heteroatoms. The highest BCUT2D eigenvalue weighted by Gasteiger charge is 2.33. The summed E-state index contributed by atoms with van der Waals surface area (Å²) in [4.78, 5) is 28.4. The third kappa shape index (κ3) is 7.52. The van der Waals surface area contributed by atoms with Crippen molar-refractivity contribution in [3.8, 4) is 5.75 Å². The average Bonchev–Trinajstić information content (AvgIpc) is 2.95. The van der Waals surface area contributed by atoms with Gasteiger partial charge in [0.1, 0.15) is 18.3 Å². The van der Waals surface area contributed by atoms with Crippen LogP contribution in [0.2, 0.25) is 5.02 Å². The number of para-hydroxylation sites is 1. The first-order valence-corrected chi connectivity index (χ1v) is 14.4. The zero-order valence-electron chi connectivity index (χ0n) is 22.5. The molecule has 0 bridgehead atoms. The molecule has 2 unspecified atom stereocenters. The lowest BCUT2D eigenvalue weighted by Gasteiger charge is -2.32. The lowest BCUT2D eigenvalue weighted by atomic mass is 10.1. The van der Waals surface area contributed by atoms with Crippen LogP contribution in [0.25, 0.3) is 0 Å². The van der Waals surface area contributed by atoms with Gasteiger partial charge in [0.2, 0.25) is 11.8 Å². The van der Waals surface area contributed by atoms with E-state index in [0.717, 1.165) is 16.3 Å². The van der Waals surface area contributed by atoms with Gasteiger partial charge in [-0.1, -0.05) is 61.0 Å². The van der Waals surface area contributed by atoms with Gasteiger partial charge in [-0.15, -0.1) is 0 Å². The topological polar surface area (TPSA) is 96.0 Å². The molecule has 0 saturated heterocycles. The fourth-order valence-electron chi connectivity index (χ4n) is 3.90. The van der Waals surface area contributed by atoms with Crippen molar-refractivity contribution in [1.82, 2.24) is 10.2 Å². The summed E-state index contributed by atoms with van der Waals surface area (Å²) >= 11 is 6.42. The average molecular weight is 572 g/mol. The molecule has 3 aromatic carbocycles. The molecule has 2 atom stereocenters. The molecule has 0 heterocycles. The summed E-state index contributed by atoms with van der Waals surface area (Å²) in [6.45, 7) is 4.95. The van der Waals surface area contributed by atoms with Gasteiger partial charge in [0.25, 0.3) is 10.0 Å². The Morgan fingerprint density at radius 2 is 1.64 bits per heavy atom. The van der Waals surface area contributed by atoms with Crippen molar-refractivity contribution >= 4 is 39.1 Å². The molecular formula is C29H34ClN3O5S. The Labute approximate surface area is 235 Å². The van der Waals surface area contributed by atoms with Crippen LogP contribution in [0, 0.1) is 0 Å². The van der Waals surface area contributed by atoms with Crippen LogP contribution >= 0.6 is 11.6 Å². The van der Waals surface area contributed by atoms with E-state index in [1.165, 1.54) is 17.0 Å². The number of sulfonamides is 1. The van der Waals surface area contributed by atoms with Crippen LogP contribution in [0.15, 0.2) is 83.8 Å². The van der Waals surface area contributed by atoms with E-state index in [1.807, 2.05) is 19.9 Å². The molecule has 1 N–H and O–H groups in total. The summed E-state index contributed by atoms with van der Waals surface area (Å²) in [5.41, 5.74) is 0.885. The van der Waals surface area contributed by atoms with Gasteiger partial charge in [0.15, 0.2) is 0 Å². The number of rotatable bonds is 12. The highest BCUT2D eigenvalue weighted by atomic mass is 35.5. The minimum absolute atomic E-state index is 0.0135. The van der Waals surface area contributed by atoms with E-state index in [-0.39, 0.29) is 34.1 Å². The molecule has 0 aliphatic carbocycles. The van der Waals surface area contributed by atoms with Crippen molar-refractivity contribution in [2.75, 3.05) is 18.0 Å². The zero-order chi connectivity index (χ0) is 28.6. The lowest BCUT2D eigenvalue weighted by molar-refractivity contribution is -0.139. The molecule has 39 heavy (non-hydrogen) atoms. The van der Waals surface area contributed by atoms with Crippen LogP contribution < -0.4 is 14.4 Å². The van der Waals surface area contributed by atoms with Crippen LogP contribution in [0.3, 0.4) is 0 Å². The van der Waals surface area contributed by atoms with Crippen LogP contribution in [0.5, 0.6) is 5.75 Å². The number of methoxy groups -OCH3 is 1. The molecule has 8 nitrogen and oxygen atoms in total. The third-order valence-corrected chi connectivity index (χ3v) is 8.48. The minimum atomic E-state index is -4.18. The molecule has 0 aliphatic rings. The predicted molar refractivity (Wildman–Crippen MR) is 153 cm³/mol. The van der Waals surface area contributed by atoms with Gasteiger partial charge in [-0.05, 0) is 62.2 Å². The van der Waals surface area contributed by atoms with Crippen molar-refractivity contribution in [3.05, 3.63) is 89.4 Å². The van der Waals surface area contributed by atoms with Gasteiger partial charge >= 0.3 is 0 Å². The van der Waals surface area contributed by atoms with Crippen molar-refractivity contribution in [2.24, 2.45) is 0 Å². The Kier molecular flexibility index (Phi) is 10.4. The number of anilines is 1. The van der Waals surface area contributed by atoms with Crippen LogP contribution in [-0.4, -0.2) is 50.9 Å². The number of amides is 2. The molecule has 3 rings (SSSR count). The van der Waals surface area contributed by atoms with Gasteiger partial charge in [-0.3, -0.25) is 13.9 Å². The van der Waals surface area contributed by atoms with E-state index in [1.54, 1.807) is 74.7 Å². The third-order valence-electron chi connectivity index (χ3n) is 6.39. The maximum atomic E-state index is 13.9. The second kappa shape index (κ2) is 13.5. The predicted octanol–water partition coefficient (Wildman–Crippen LogP) is 4.88. The number of nitrogens with one attached hydrogen (secondary N) is 1. The molecule has 0 spiro atoms. The normalized spacial score (nSPS) is 12.7. The summed E-state index contributed by atoms with van der Waals surface area (Å²) in [5.74, 6) is -0.305. The summed E-state index contributed by atoms with van der Waals surface area (Å²) < 4.78 is 33.9. The van der Waals surface area contributed by atoms with E-state index in [4.69, 9.17) is 16.3 Å². The van der Waals surface area contributed by atoms with E-state index < -0.39 is 28.5 Å². The largest absolute Gasteiger partial charge is 0.497 e. The Balaban J connectivity index is 2.03. The van der Waals surface area contributed by atoms with E-state index in [9.17, 15) is 18.0 Å². The van der Waals surface area contributed by atoms with Crippen molar-refractivity contribution < 1.29 is 22.7 Å². The maximum absolute atomic E-state index is 13.9. The molecule has 0 fully saturated rings. The fourth-order valence-corrected chi connectivity index (χ4v) is 5.64. The molecular weight excluding hydrogens is 538 g/mol. The summed E-state index contributed by atoms with van der Waals surface area (Å²) in [6, 6.07) is 20.4. The Morgan fingerprint density at radius 3 is 2.28 bits per heavy atom. The van der Waals surface area contributed by atoms with Gasteiger partial charge < -0.3 is 15.0 Å². The zero-order valence-corrected chi connectivity index (χ0v) is 24.1. The second-order valence-electron chi connectivity index (χ2n) is 9.14. The first-order chi connectivity index (χ1) is 18.6. The van der Waals surface area contributed by atoms with Crippen molar-refractivity contribution in [1.29, 1.82) is 0 Å². The van der Waals surface area contributed by atoms with Gasteiger partial charge in [0.05, 0.1) is 22.7 Å². The fraction of sp³-hybridized carbons (Fsp3) is 0.310. The van der Waals surface area contributed by atoms with Gasteiger partial charge in [0, 0.05) is 12.6 Å². The smallest absolute Gasteiger partial charge is 0.264 e. The standard InChI is InChI=1S/C29H34ClN3O5S/c1-5-21(2)31-29(35)22(3)32(19-23-12-11-13-24(18-23)38-4)28(34)20-33(27-17-10-9-16-26(27)30)39(36,37)25-14-7-6-8-15-25/h6-18,21-22H,5,19-20H2,1-4H3,(H,31,35). The Bertz CT molecular complexity index is 1380. The molecule has 0 aromatic heterocycles. The number of hydrogen-bond donors (Lipinski definition) is 1. The maximum Gasteiger partial charge on any atom is 0.264 e. The molecule has 0 aliphatic heterocycles. The molecule has 2 amide bonds. The summed E-state index contributed by atoms with van der Waals surface area (Å²) in [6.07, 6.45) is 0.720. The number of ether oxygens (including phenoxy) is 1. The van der Waals surface area contributed by atoms with E-state index >= 15 is 0 Å². The quantitative estimate of drug-likeness (QED) is 0.334. The van der Waals surface area contributed by atoms with E-state index in [0.29, 0.717) is 5.75 Å². The number of hydrogen-bond acceptors (Lipinski definition) is 5. The van der Waals surface area contributed by atoms with Crippen molar-refractivity contribution in [2.45, 2.75) is 50.7 Å². The number of carbonyl (C=O) groups is 2. The van der Waals surface area contributed by atoms with Crippen molar-refractivity contribution in [3.63, 3.8) is 0 Å². The number of halogens is 1. The highest BCUT2D eigenvalue weighted by molar-refractivity contribution is 7.92. The first-order valence-electron chi connectivity index (χ1n) is 12.6. The molecule has 0 radical (unpaired) electrons. The van der Waals surface area contributed by atoms with Crippen LogP contribution in [-0.2, 0) is 26.2 Å². The van der Waals surface area contributed by atoms with Gasteiger partial charge in [-0.2, -0.15) is 0 Å². The highest BCUT2D eigenvalue weighted by Crippen LogP contribution is 2.30. The lowest BCUT2D eigenvalue weighted by Crippen LogP contribution is -2.52. The number of benzene rings is 3. The van der Waals surface area contributed by atoms with Crippen LogP contribution in [0.4, 0.5) is 5.69 Å². The molecule has 0 saturated carbocycles.